The number of hydrogen-bond acceptors (Lipinski definition) is 10. The molecule has 0 radical (unpaired) electrons. The molecule has 4 N–H and O–H groups in total. The number of carbonyl (C=O) groups excluding carboxylic acids is 2. The lowest BCUT2D eigenvalue weighted by atomic mass is 10.1. The Balaban J connectivity index is 0.000000465. The van der Waals surface area contributed by atoms with E-state index >= 15 is 0 Å². The maximum atomic E-state index is 11.8. The molecule has 1 aromatic carbocycles. The van der Waals surface area contributed by atoms with E-state index in [0.717, 1.165) is 0 Å². The highest BCUT2D eigenvalue weighted by Gasteiger charge is 2.13. The topological polar surface area (TPSA) is 210 Å². The molecule has 0 aliphatic rings. The van der Waals surface area contributed by atoms with Gasteiger partial charge in [-0.15, -0.1) is 10.2 Å². The molecule has 0 aliphatic carbocycles. The first-order valence-corrected chi connectivity index (χ1v) is 8.08. The first-order chi connectivity index (χ1) is 12.7. The Hall–Kier alpha value is -3.69. The molecule has 0 amide bonds. The van der Waals surface area contributed by atoms with E-state index in [9.17, 15) is 9.59 Å². The minimum Gasteiger partial charge on any atom is -0.400 e. The summed E-state index contributed by atoms with van der Waals surface area (Å²) in [5.41, 5.74) is 0.502. The van der Waals surface area contributed by atoms with Crippen molar-refractivity contribution in [2.24, 2.45) is 0 Å². The van der Waals surface area contributed by atoms with Crippen molar-refractivity contribution in [2.45, 2.75) is 0 Å². The highest BCUT2D eigenvalue weighted by molar-refractivity contribution is 7.79. The predicted octanol–water partition coefficient (Wildman–Crippen LogP) is -0.292. The summed E-state index contributed by atoms with van der Waals surface area (Å²) in [6.07, 6.45) is 2.53. The van der Waals surface area contributed by atoms with Gasteiger partial charge in [-0.3, -0.25) is 9.11 Å². The minimum absolute atomic E-state index is 0.0551. The molecule has 3 aromatic rings. The third-order valence-electron chi connectivity index (χ3n) is 2.54. The van der Waals surface area contributed by atoms with Gasteiger partial charge in [-0.25, -0.2) is 9.59 Å². The van der Waals surface area contributed by atoms with E-state index in [4.69, 9.17) is 27.0 Å². The SMILES string of the molecule is O=C(Oc1cn[nH]n1)c1ccc(C(=O)Oc2cn[nH]n2)cc1.O=S(=O)(O)O. The lowest BCUT2D eigenvalue weighted by molar-refractivity contribution is 0.0713. The minimum atomic E-state index is -4.67. The number of esters is 2. The Labute approximate surface area is 150 Å². The van der Waals surface area contributed by atoms with E-state index in [2.05, 4.69) is 30.8 Å². The zero-order valence-corrected chi connectivity index (χ0v) is 13.8. The fourth-order valence-electron chi connectivity index (χ4n) is 1.53. The molecule has 0 unspecified atom stereocenters. The van der Waals surface area contributed by atoms with Crippen molar-refractivity contribution in [1.82, 2.24) is 30.8 Å². The molecular formula is C12H10N6O8S. The molecule has 3 rings (SSSR count). The second-order valence-electron chi connectivity index (χ2n) is 4.42. The third-order valence-corrected chi connectivity index (χ3v) is 2.54. The first kappa shape index (κ1) is 19.6. The first-order valence-electron chi connectivity index (χ1n) is 6.68. The van der Waals surface area contributed by atoms with Crippen LogP contribution < -0.4 is 9.47 Å². The number of ether oxygens (including phenoxy) is 2. The van der Waals surface area contributed by atoms with Crippen molar-refractivity contribution >= 4 is 22.3 Å². The van der Waals surface area contributed by atoms with E-state index in [0.29, 0.717) is 0 Å². The van der Waals surface area contributed by atoms with Gasteiger partial charge in [0.05, 0.1) is 11.1 Å². The van der Waals surface area contributed by atoms with Crippen molar-refractivity contribution in [2.75, 3.05) is 0 Å². The second-order valence-corrected chi connectivity index (χ2v) is 5.32. The predicted molar refractivity (Wildman–Crippen MR) is 83.3 cm³/mol. The largest absolute Gasteiger partial charge is 0.400 e. The maximum Gasteiger partial charge on any atom is 0.394 e. The molecule has 0 saturated carbocycles. The molecule has 0 bridgehead atoms. The van der Waals surface area contributed by atoms with E-state index in [1.165, 1.54) is 36.7 Å². The van der Waals surface area contributed by atoms with Gasteiger partial charge in [0.25, 0.3) is 11.8 Å². The zero-order chi connectivity index (χ0) is 19.9. The third kappa shape index (κ3) is 6.98. The molecule has 142 valence electrons. The Kier molecular flexibility index (Phi) is 6.26. The summed E-state index contributed by atoms with van der Waals surface area (Å²) in [6.45, 7) is 0. The number of hydrogen-bond donors (Lipinski definition) is 4. The Morgan fingerprint density at radius 3 is 1.41 bits per heavy atom. The van der Waals surface area contributed by atoms with Gasteiger partial charge in [0.2, 0.25) is 0 Å². The lowest BCUT2D eigenvalue weighted by Crippen LogP contribution is -2.11. The number of nitrogens with zero attached hydrogens (tertiary/aromatic N) is 4. The summed E-state index contributed by atoms with van der Waals surface area (Å²) in [5.74, 6) is -1.13. The smallest absolute Gasteiger partial charge is 0.394 e. The molecule has 2 aromatic heterocycles. The van der Waals surface area contributed by atoms with E-state index in [1.54, 1.807) is 0 Å². The maximum absolute atomic E-state index is 11.8. The highest BCUT2D eigenvalue weighted by atomic mass is 32.3. The molecule has 0 aliphatic heterocycles. The van der Waals surface area contributed by atoms with Crippen LogP contribution in [0.1, 0.15) is 20.7 Å². The monoisotopic (exact) mass is 398 g/mol. The Morgan fingerprint density at radius 2 is 1.15 bits per heavy atom. The average molecular weight is 398 g/mol. The normalized spacial score (nSPS) is 10.4. The van der Waals surface area contributed by atoms with Gasteiger partial charge in [-0.1, -0.05) is 0 Å². The van der Waals surface area contributed by atoms with Crippen LogP contribution in [0.25, 0.3) is 0 Å². The summed E-state index contributed by atoms with van der Waals surface area (Å²) in [6, 6.07) is 5.73. The number of benzene rings is 1. The van der Waals surface area contributed by atoms with Crippen LogP contribution in [-0.4, -0.2) is 60.3 Å². The molecule has 0 fully saturated rings. The Morgan fingerprint density at radius 1 is 0.815 bits per heavy atom. The van der Waals surface area contributed by atoms with Crippen molar-refractivity contribution < 1.29 is 36.6 Å². The molecule has 0 saturated heterocycles. The molecule has 27 heavy (non-hydrogen) atoms. The Bertz CT molecular complexity index is 910. The van der Waals surface area contributed by atoms with Gasteiger partial charge < -0.3 is 9.47 Å². The van der Waals surface area contributed by atoms with Gasteiger partial charge in [-0.05, 0) is 24.3 Å². The summed E-state index contributed by atoms with van der Waals surface area (Å²) < 4.78 is 41.5. The van der Waals surface area contributed by atoms with Crippen LogP contribution in [0, 0.1) is 0 Å². The van der Waals surface area contributed by atoms with Gasteiger partial charge >= 0.3 is 22.3 Å². The summed E-state index contributed by atoms with van der Waals surface area (Å²) in [7, 11) is -4.67. The molecule has 14 nitrogen and oxygen atoms in total. The number of rotatable bonds is 4. The van der Waals surface area contributed by atoms with Crippen LogP contribution in [-0.2, 0) is 10.4 Å². The van der Waals surface area contributed by atoms with Gasteiger partial charge in [0.1, 0.15) is 12.4 Å². The van der Waals surface area contributed by atoms with Crippen LogP contribution >= 0.6 is 0 Å². The molecule has 2 heterocycles. The van der Waals surface area contributed by atoms with E-state index in [1.807, 2.05) is 0 Å². The van der Waals surface area contributed by atoms with Gasteiger partial charge in [-0.2, -0.15) is 29.0 Å². The van der Waals surface area contributed by atoms with Crippen molar-refractivity contribution in [3.05, 3.63) is 47.8 Å². The van der Waals surface area contributed by atoms with Crippen LogP contribution in [0.5, 0.6) is 11.8 Å². The van der Waals surface area contributed by atoms with Crippen LogP contribution in [0.2, 0.25) is 0 Å². The molecular weight excluding hydrogens is 388 g/mol. The summed E-state index contributed by atoms with van der Waals surface area (Å²) in [4.78, 5) is 23.6. The molecule has 0 spiro atoms. The lowest BCUT2D eigenvalue weighted by Gasteiger charge is -2.03. The highest BCUT2D eigenvalue weighted by Crippen LogP contribution is 2.11. The van der Waals surface area contributed by atoms with Crippen LogP contribution in [0.3, 0.4) is 0 Å². The zero-order valence-electron chi connectivity index (χ0n) is 13.0. The van der Waals surface area contributed by atoms with Crippen molar-refractivity contribution in [3.8, 4) is 11.8 Å². The number of nitrogens with one attached hydrogen (secondary N) is 2. The van der Waals surface area contributed by atoms with Crippen molar-refractivity contribution in [1.29, 1.82) is 0 Å². The quantitative estimate of drug-likeness (QED) is 0.330. The summed E-state index contributed by atoms with van der Waals surface area (Å²) >= 11 is 0. The fraction of sp³-hybridized carbons (Fsp3) is 0. The van der Waals surface area contributed by atoms with Gasteiger partial charge in [0.15, 0.2) is 0 Å². The average Bonchev–Trinajstić information content (AvgIpc) is 3.27. The number of aromatic nitrogens is 6. The second kappa shape index (κ2) is 8.61. The van der Waals surface area contributed by atoms with Crippen molar-refractivity contribution in [3.63, 3.8) is 0 Å². The van der Waals surface area contributed by atoms with Crippen LogP contribution in [0.4, 0.5) is 0 Å². The molecule has 15 heteroatoms. The van der Waals surface area contributed by atoms with Gasteiger partial charge in [0, 0.05) is 0 Å². The number of carbonyl (C=O) groups is 2. The number of aromatic amines is 2. The van der Waals surface area contributed by atoms with E-state index < -0.39 is 22.3 Å². The summed E-state index contributed by atoms with van der Waals surface area (Å²) in [5, 5.41) is 18.9. The standard InChI is InChI=1S/C12H8N6O4.H2O4S/c19-11(21-9-5-13-17-15-9)7-1-2-8(4-3-7)12(20)22-10-6-14-18-16-10;1-5(2,3)4/h1-6H,(H,13,15,17)(H,14,16,18);(H2,1,2,3,4). The number of H-pyrrole nitrogens is 2. The molecule has 0 atom stereocenters. The van der Waals surface area contributed by atoms with Crippen LogP contribution in [0.15, 0.2) is 36.7 Å². The fourth-order valence-corrected chi connectivity index (χ4v) is 1.53. The van der Waals surface area contributed by atoms with E-state index in [-0.39, 0.29) is 22.9 Å².